The molecule has 1 unspecified atom stereocenters. The normalized spacial score (nSPS) is 11.8. The lowest BCUT2D eigenvalue weighted by Gasteiger charge is -2.00. The van der Waals surface area contributed by atoms with Gasteiger partial charge in [-0.2, -0.15) is 5.10 Å². The molecular weight excluding hydrogens is 319 g/mol. The molecule has 0 radical (unpaired) electrons. The number of aromatic nitrogens is 2. The molecule has 0 bridgehead atoms. The Labute approximate surface area is 94.9 Å². The summed E-state index contributed by atoms with van der Waals surface area (Å²) >= 11 is 8.29. The van der Waals surface area contributed by atoms with Crippen LogP contribution < -0.4 is 5.73 Å². The SMILES string of the molecule is Nc1ccc2c(cnn2PI)c1Cl. The van der Waals surface area contributed by atoms with Crippen LogP contribution in [0.1, 0.15) is 0 Å². The van der Waals surface area contributed by atoms with Gasteiger partial charge in [-0.15, -0.1) is 0 Å². The zero-order valence-corrected chi connectivity index (χ0v) is 10.4. The van der Waals surface area contributed by atoms with E-state index in [0.29, 0.717) is 17.1 Å². The molecule has 1 aromatic carbocycles. The summed E-state index contributed by atoms with van der Waals surface area (Å²) in [6, 6.07) is 3.74. The third kappa shape index (κ3) is 1.51. The van der Waals surface area contributed by atoms with Gasteiger partial charge in [0.25, 0.3) is 0 Å². The van der Waals surface area contributed by atoms with Crippen molar-refractivity contribution in [2.24, 2.45) is 0 Å². The van der Waals surface area contributed by atoms with Crippen LogP contribution in [0.3, 0.4) is 0 Å². The Morgan fingerprint density at radius 2 is 2.31 bits per heavy atom. The van der Waals surface area contributed by atoms with Gasteiger partial charge in [0.15, 0.2) is 0 Å². The van der Waals surface area contributed by atoms with Gasteiger partial charge in [0.05, 0.1) is 28.8 Å². The summed E-state index contributed by atoms with van der Waals surface area (Å²) in [5, 5.41) is 5.72. The third-order valence-electron chi connectivity index (χ3n) is 1.80. The van der Waals surface area contributed by atoms with E-state index < -0.39 is 0 Å². The van der Waals surface area contributed by atoms with E-state index in [4.69, 9.17) is 17.3 Å². The summed E-state index contributed by atoms with van der Waals surface area (Å²) in [5.74, 6) is 0. The number of benzene rings is 1. The van der Waals surface area contributed by atoms with E-state index >= 15 is 0 Å². The molecule has 3 nitrogen and oxygen atoms in total. The molecule has 0 amide bonds. The first-order valence-corrected chi connectivity index (χ1v) is 7.96. The van der Waals surface area contributed by atoms with Gasteiger partial charge in [0.2, 0.25) is 0 Å². The van der Waals surface area contributed by atoms with Crippen LogP contribution in [0.4, 0.5) is 5.69 Å². The van der Waals surface area contributed by atoms with Crippen LogP contribution in [-0.2, 0) is 0 Å². The molecule has 0 aliphatic heterocycles. The fourth-order valence-corrected chi connectivity index (χ4v) is 2.90. The Morgan fingerprint density at radius 3 is 3.00 bits per heavy atom. The number of anilines is 1. The highest BCUT2D eigenvalue weighted by Crippen LogP contribution is 2.33. The van der Waals surface area contributed by atoms with Crippen LogP contribution in [0, 0.1) is 0 Å². The molecule has 13 heavy (non-hydrogen) atoms. The molecule has 2 aromatic rings. The van der Waals surface area contributed by atoms with E-state index in [2.05, 4.69) is 27.1 Å². The first-order chi connectivity index (χ1) is 6.24. The van der Waals surface area contributed by atoms with Crippen molar-refractivity contribution in [1.82, 2.24) is 9.55 Å². The van der Waals surface area contributed by atoms with Crippen molar-refractivity contribution in [3.63, 3.8) is 0 Å². The highest BCUT2D eigenvalue weighted by molar-refractivity contribution is 14.2. The van der Waals surface area contributed by atoms with Crippen LogP contribution in [-0.4, -0.2) is 9.55 Å². The fraction of sp³-hybridized carbons (Fsp3) is 0. The summed E-state index contributed by atoms with van der Waals surface area (Å²) < 4.78 is 1.90. The Hall–Kier alpha value is -0.0600. The molecule has 1 atom stereocenters. The largest absolute Gasteiger partial charge is 0.398 e. The molecule has 1 heterocycles. The molecule has 0 fully saturated rings. The number of rotatable bonds is 1. The second-order valence-electron chi connectivity index (χ2n) is 2.54. The number of fused-ring (bicyclic) bond motifs is 1. The number of halogens is 2. The summed E-state index contributed by atoms with van der Waals surface area (Å²) in [6.45, 7) is 0. The maximum absolute atomic E-state index is 6.02. The minimum absolute atomic E-state index is 0.578. The molecular formula is C7H6ClIN3P. The average Bonchev–Trinajstić information content (AvgIpc) is 2.55. The Bertz CT molecular complexity index is 456. The van der Waals surface area contributed by atoms with Crippen molar-refractivity contribution in [3.8, 4) is 0 Å². The molecule has 0 saturated carbocycles. The average molecular weight is 325 g/mol. The molecule has 68 valence electrons. The minimum Gasteiger partial charge on any atom is -0.398 e. The van der Waals surface area contributed by atoms with Crippen molar-refractivity contribution < 1.29 is 0 Å². The van der Waals surface area contributed by atoms with Crippen molar-refractivity contribution in [3.05, 3.63) is 23.4 Å². The number of nitrogens with zero attached hydrogens (tertiary/aromatic N) is 2. The lowest BCUT2D eigenvalue weighted by molar-refractivity contribution is 1.04. The van der Waals surface area contributed by atoms with Gasteiger partial charge in [-0.3, -0.25) is 0 Å². The van der Waals surface area contributed by atoms with Crippen LogP contribution in [0.25, 0.3) is 10.9 Å². The quantitative estimate of drug-likeness (QED) is 0.497. The third-order valence-corrected chi connectivity index (χ3v) is 4.11. The van der Waals surface area contributed by atoms with E-state index in [1.165, 1.54) is 0 Å². The monoisotopic (exact) mass is 325 g/mol. The van der Waals surface area contributed by atoms with E-state index in [0.717, 1.165) is 10.9 Å². The number of hydrogen-bond acceptors (Lipinski definition) is 2. The first kappa shape index (κ1) is 9.49. The van der Waals surface area contributed by atoms with Crippen LogP contribution in [0.2, 0.25) is 5.02 Å². The van der Waals surface area contributed by atoms with Gasteiger partial charge in [-0.1, -0.05) is 11.6 Å². The van der Waals surface area contributed by atoms with E-state index in [9.17, 15) is 0 Å². The van der Waals surface area contributed by atoms with E-state index in [-0.39, 0.29) is 0 Å². The smallest absolute Gasteiger partial charge is 0.0746 e. The topological polar surface area (TPSA) is 43.8 Å². The first-order valence-electron chi connectivity index (χ1n) is 3.52. The molecule has 0 aliphatic rings. The maximum Gasteiger partial charge on any atom is 0.0746 e. The standard InChI is InChI=1S/C7H6ClIN3P/c8-7-4-3-11-12(13-9)6(4)2-1-5(7)10/h1-3,13H,10H2. The zero-order chi connectivity index (χ0) is 9.42. The minimum atomic E-state index is 0.578. The summed E-state index contributed by atoms with van der Waals surface area (Å²) in [5.41, 5.74) is 7.30. The van der Waals surface area contributed by atoms with Gasteiger partial charge in [-0.05, 0) is 34.2 Å². The molecule has 1 aromatic heterocycles. The summed E-state index contributed by atoms with van der Waals surface area (Å²) in [6.07, 6.45) is 2.33. The predicted octanol–water partition coefficient (Wildman–Crippen LogP) is 3.06. The summed E-state index contributed by atoms with van der Waals surface area (Å²) in [7, 11) is 0. The molecule has 6 heteroatoms. The highest BCUT2D eigenvalue weighted by Gasteiger charge is 2.07. The van der Waals surface area contributed by atoms with Crippen LogP contribution in [0.15, 0.2) is 18.3 Å². The van der Waals surface area contributed by atoms with Gasteiger partial charge in [0.1, 0.15) is 0 Å². The van der Waals surface area contributed by atoms with Crippen LogP contribution in [0.5, 0.6) is 0 Å². The molecule has 2 rings (SSSR count). The molecule has 2 N–H and O–H groups in total. The van der Waals surface area contributed by atoms with Gasteiger partial charge >= 0.3 is 0 Å². The highest BCUT2D eigenvalue weighted by atomic mass is 127. The Morgan fingerprint density at radius 1 is 1.54 bits per heavy atom. The number of nitrogens with two attached hydrogens (primary N) is 1. The Kier molecular flexibility index (Phi) is 2.62. The fourth-order valence-electron chi connectivity index (χ4n) is 1.15. The van der Waals surface area contributed by atoms with Crippen molar-refractivity contribution in [1.29, 1.82) is 0 Å². The zero-order valence-electron chi connectivity index (χ0n) is 6.46. The van der Waals surface area contributed by atoms with Gasteiger partial charge in [-0.25, -0.2) is 4.45 Å². The predicted molar refractivity (Wildman–Crippen MR) is 66.9 cm³/mol. The lowest BCUT2D eigenvalue weighted by Crippen LogP contribution is -1.87. The number of hydrogen-bond donors (Lipinski definition) is 1. The summed E-state index contributed by atoms with van der Waals surface area (Å²) in [4.78, 5) is 0. The maximum atomic E-state index is 6.02. The van der Waals surface area contributed by atoms with Crippen molar-refractivity contribution in [2.75, 3.05) is 5.73 Å². The van der Waals surface area contributed by atoms with Crippen molar-refractivity contribution in [2.45, 2.75) is 0 Å². The van der Waals surface area contributed by atoms with Crippen molar-refractivity contribution >= 4 is 56.6 Å². The van der Waals surface area contributed by atoms with E-state index in [1.807, 2.05) is 10.5 Å². The van der Waals surface area contributed by atoms with Gasteiger partial charge in [0, 0.05) is 5.39 Å². The molecule has 0 spiro atoms. The molecule has 0 saturated heterocycles. The van der Waals surface area contributed by atoms with Gasteiger partial charge < -0.3 is 5.73 Å². The van der Waals surface area contributed by atoms with Crippen LogP contribution >= 0.6 is 40.0 Å². The number of nitrogen functional groups attached to an aromatic ring is 1. The van der Waals surface area contributed by atoms with E-state index in [1.54, 1.807) is 12.3 Å². The Balaban J connectivity index is 2.81. The second-order valence-corrected chi connectivity index (χ2v) is 4.96. The molecule has 0 aliphatic carbocycles. The second kappa shape index (κ2) is 3.59. The lowest BCUT2D eigenvalue weighted by atomic mass is 10.2.